The first-order valence-electron chi connectivity index (χ1n) is 8.08. The lowest BCUT2D eigenvalue weighted by Gasteiger charge is -2.12. The summed E-state index contributed by atoms with van der Waals surface area (Å²) in [4.78, 5) is 12.0. The minimum atomic E-state index is 0. The molecule has 24 heavy (non-hydrogen) atoms. The molecular formula is C17H27IN4S2. The van der Waals surface area contributed by atoms with Crippen LogP contribution in [0, 0.1) is 13.8 Å². The molecule has 0 saturated carbocycles. The number of hydrogen-bond donors (Lipinski definition) is 2. The zero-order valence-electron chi connectivity index (χ0n) is 14.8. The Bertz CT molecular complexity index is 603. The molecule has 2 N–H and O–H groups in total. The third-order valence-electron chi connectivity index (χ3n) is 3.60. The van der Waals surface area contributed by atoms with Crippen LogP contribution in [0.3, 0.4) is 0 Å². The number of thiazole rings is 1. The van der Waals surface area contributed by atoms with Gasteiger partial charge in [0.2, 0.25) is 0 Å². The molecule has 0 radical (unpaired) electrons. The van der Waals surface area contributed by atoms with Crippen LogP contribution in [-0.4, -0.2) is 30.6 Å². The first kappa shape index (κ1) is 21.4. The molecule has 2 aromatic heterocycles. The number of guanidine groups is 1. The molecule has 4 nitrogen and oxygen atoms in total. The smallest absolute Gasteiger partial charge is 0.191 e. The van der Waals surface area contributed by atoms with E-state index in [4.69, 9.17) is 4.99 Å². The summed E-state index contributed by atoms with van der Waals surface area (Å²) in [5.74, 6) is 1.34. The number of aryl methyl sites for hydroxylation is 2. The molecule has 0 spiro atoms. The minimum Gasteiger partial charge on any atom is -0.357 e. The number of aliphatic imine (C=N–C) groups is 1. The molecular weight excluding hydrogens is 451 g/mol. The van der Waals surface area contributed by atoms with Gasteiger partial charge in [0.15, 0.2) is 5.96 Å². The third-order valence-corrected chi connectivity index (χ3v) is 5.84. The first-order valence-corrected chi connectivity index (χ1v) is 9.78. The monoisotopic (exact) mass is 478 g/mol. The molecule has 2 heterocycles. The molecule has 134 valence electrons. The summed E-state index contributed by atoms with van der Waals surface area (Å²) >= 11 is 3.58. The van der Waals surface area contributed by atoms with Crippen molar-refractivity contribution in [2.45, 2.75) is 40.0 Å². The Kier molecular flexibility index (Phi) is 9.84. The molecule has 1 unspecified atom stereocenters. The van der Waals surface area contributed by atoms with Crippen LogP contribution in [0.4, 0.5) is 0 Å². The molecule has 0 bridgehead atoms. The molecule has 0 aliphatic rings. The van der Waals surface area contributed by atoms with Gasteiger partial charge in [-0.05, 0) is 32.2 Å². The standard InChI is InChI=1S/C17H26N4S2.HI/c1-5-18-17(20-11-12(2)15-7-6-10-22-15)19-9-8-16-21-13(3)14(4)23-16;/h6-7,10,12H,5,8-9,11H2,1-4H3,(H2,18,19,20);1H. The first-order chi connectivity index (χ1) is 11.1. The van der Waals surface area contributed by atoms with Crippen LogP contribution in [0.2, 0.25) is 0 Å². The van der Waals surface area contributed by atoms with Crippen molar-refractivity contribution < 1.29 is 0 Å². The molecule has 0 aliphatic carbocycles. The number of aromatic nitrogens is 1. The highest BCUT2D eigenvalue weighted by molar-refractivity contribution is 14.0. The molecule has 0 aromatic carbocycles. The SMILES string of the molecule is CCNC(=NCC(C)c1cccs1)NCCc1nc(C)c(C)s1.I. The Morgan fingerprint density at radius 2 is 2.12 bits per heavy atom. The van der Waals surface area contributed by atoms with E-state index in [0.717, 1.165) is 37.7 Å². The summed E-state index contributed by atoms with van der Waals surface area (Å²) in [6, 6.07) is 4.28. The van der Waals surface area contributed by atoms with E-state index < -0.39 is 0 Å². The van der Waals surface area contributed by atoms with Crippen LogP contribution < -0.4 is 10.6 Å². The van der Waals surface area contributed by atoms with Crippen molar-refractivity contribution in [2.75, 3.05) is 19.6 Å². The van der Waals surface area contributed by atoms with Crippen molar-refractivity contribution in [1.29, 1.82) is 0 Å². The second-order valence-corrected chi connectivity index (χ2v) is 7.83. The lowest BCUT2D eigenvalue weighted by atomic mass is 10.1. The van der Waals surface area contributed by atoms with Gasteiger partial charge in [-0.1, -0.05) is 13.0 Å². The van der Waals surface area contributed by atoms with E-state index in [0.29, 0.717) is 5.92 Å². The average Bonchev–Trinajstić information content (AvgIpc) is 3.15. The fourth-order valence-electron chi connectivity index (χ4n) is 2.17. The van der Waals surface area contributed by atoms with Crippen molar-refractivity contribution in [3.63, 3.8) is 0 Å². The van der Waals surface area contributed by atoms with Crippen molar-refractivity contribution >= 4 is 52.6 Å². The fourth-order valence-corrected chi connectivity index (χ4v) is 3.88. The largest absolute Gasteiger partial charge is 0.357 e. The van der Waals surface area contributed by atoms with Gasteiger partial charge in [-0.3, -0.25) is 4.99 Å². The van der Waals surface area contributed by atoms with Crippen molar-refractivity contribution in [2.24, 2.45) is 4.99 Å². The number of hydrogen-bond acceptors (Lipinski definition) is 4. The average molecular weight is 478 g/mol. The van der Waals surface area contributed by atoms with Crippen LogP contribution in [0.25, 0.3) is 0 Å². The van der Waals surface area contributed by atoms with Crippen molar-refractivity contribution in [1.82, 2.24) is 15.6 Å². The van der Waals surface area contributed by atoms with Crippen molar-refractivity contribution in [3.8, 4) is 0 Å². The molecule has 0 aliphatic heterocycles. The van der Waals surface area contributed by atoms with Gasteiger partial charge >= 0.3 is 0 Å². The number of nitrogens with zero attached hydrogens (tertiary/aromatic N) is 2. The van der Waals surface area contributed by atoms with E-state index in [-0.39, 0.29) is 24.0 Å². The Balaban J connectivity index is 0.00000288. The minimum absolute atomic E-state index is 0. The maximum atomic E-state index is 4.71. The predicted octanol–water partition coefficient (Wildman–Crippen LogP) is 4.34. The van der Waals surface area contributed by atoms with E-state index in [1.54, 1.807) is 22.7 Å². The third kappa shape index (κ3) is 6.68. The normalized spacial score (nSPS) is 12.6. The zero-order chi connectivity index (χ0) is 16.7. The molecule has 2 aromatic rings. The van der Waals surface area contributed by atoms with Gasteiger partial charge in [-0.2, -0.15) is 0 Å². The maximum Gasteiger partial charge on any atom is 0.191 e. The van der Waals surface area contributed by atoms with E-state index >= 15 is 0 Å². The summed E-state index contributed by atoms with van der Waals surface area (Å²) in [5, 5.41) is 10.0. The summed E-state index contributed by atoms with van der Waals surface area (Å²) in [6.45, 7) is 11.0. The number of halogens is 1. The molecule has 0 fully saturated rings. The van der Waals surface area contributed by atoms with E-state index in [2.05, 4.69) is 60.8 Å². The van der Waals surface area contributed by atoms with Crippen LogP contribution in [0.1, 0.15) is 40.2 Å². The number of thiophene rings is 1. The Morgan fingerprint density at radius 3 is 2.71 bits per heavy atom. The second kappa shape index (κ2) is 11.0. The molecule has 1 atom stereocenters. The molecule has 0 amide bonds. The fraction of sp³-hybridized carbons (Fsp3) is 0.529. The van der Waals surface area contributed by atoms with Crippen molar-refractivity contribution in [3.05, 3.63) is 38.0 Å². The van der Waals surface area contributed by atoms with Crippen LogP contribution in [0.15, 0.2) is 22.5 Å². The summed E-state index contributed by atoms with van der Waals surface area (Å²) in [6.07, 6.45) is 0.935. The predicted molar refractivity (Wildman–Crippen MR) is 117 cm³/mol. The van der Waals surface area contributed by atoms with E-state index in [9.17, 15) is 0 Å². The lowest BCUT2D eigenvalue weighted by Crippen LogP contribution is -2.38. The summed E-state index contributed by atoms with van der Waals surface area (Å²) < 4.78 is 0. The zero-order valence-corrected chi connectivity index (χ0v) is 18.7. The van der Waals surface area contributed by atoms with Gasteiger partial charge in [-0.25, -0.2) is 4.98 Å². The van der Waals surface area contributed by atoms with Crippen LogP contribution >= 0.6 is 46.7 Å². The molecule has 0 saturated heterocycles. The quantitative estimate of drug-likeness (QED) is 0.354. The highest BCUT2D eigenvalue weighted by atomic mass is 127. The van der Waals surface area contributed by atoms with Gasteiger partial charge in [-0.15, -0.1) is 46.7 Å². The highest BCUT2D eigenvalue weighted by Gasteiger charge is 2.07. The van der Waals surface area contributed by atoms with Gasteiger partial charge in [0.05, 0.1) is 17.2 Å². The second-order valence-electron chi connectivity index (χ2n) is 5.56. The number of nitrogens with one attached hydrogen (secondary N) is 2. The van der Waals surface area contributed by atoms with Gasteiger partial charge < -0.3 is 10.6 Å². The summed E-state index contributed by atoms with van der Waals surface area (Å²) in [5.41, 5.74) is 1.15. The maximum absolute atomic E-state index is 4.71. The van der Waals surface area contributed by atoms with Crippen LogP contribution in [-0.2, 0) is 6.42 Å². The van der Waals surface area contributed by atoms with Gasteiger partial charge in [0, 0.05) is 35.2 Å². The molecule has 2 rings (SSSR count). The lowest BCUT2D eigenvalue weighted by molar-refractivity contribution is 0.753. The van der Waals surface area contributed by atoms with Crippen LogP contribution in [0.5, 0.6) is 0 Å². The highest BCUT2D eigenvalue weighted by Crippen LogP contribution is 2.20. The van der Waals surface area contributed by atoms with E-state index in [1.165, 1.54) is 14.8 Å². The Labute approximate surface area is 170 Å². The topological polar surface area (TPSA) is 49.3 Å². The Morgan fingerprint density at radius 1 is 1.33 bits per heavy atom. The van der Waals surface area contributed by atoms with Gasteiger partial charge in [0.1, 0.15) is 0 Å². The van der Waals surface area contributed by atoms with E-state index in [1.807, 2.05) is 0 Å². The number of rotatable bonds is 7. The summed E-state index contributed by atoms with van der Waals surface area (Å²) in [7, 11) is 0. The molecule has 7 heteroatoms. The Hall–Kier alpha value is -0.670. The van der Waals surface area contributed by atoms with Gasteiger partial charge in [0.25, 0.3) is 0 Å².